The molecular weight excluding hydrogens is 490 g/mol. The molecule has 1 atom stereocenters. The highest BCUT2D eigenvalue weighted by Crippen LogP contribution is 2.45. The largest absolute Gasteiger partial charge is 0.502 e. The summed E-state index contributed by atoms with van der Waals surface area (Å²) in [5, 5.41) is 6.26. The van der Waals surface area contributed by atoms with Gasteiger partial charge >= 0.3 is 4.96 Å². The Kier molecular flexibility index (Phi) is 5.95. The van der Waals surface area contributed by atoms with Gasteiger partial charge in [-0.1, -0.05) is 72.5 Å². The first-order valence-corrected chi connectivity index (χ1v) is 13.9. The van der Waals surface area contributed by atoms with E-state index in [0.717, 1.165) is 28.6 Å². The summed E-state index contributed by atoms with van der Waals surface area (Å²) >= 11 is 1.82. The van der Waals surface area contributed by atoms with Gasteiger partial charge < -0.3 is 14.8 Å². The first-order valence-electron chi connectivity index (χ1n) is 13.1. The highest BCUT2D eigenvalue weighted by molar-refractivity contribution is 7.17. The molecule has 0 fully saturated rings. The first-order chi connectivity index (χ1) is 18.2. The van der Waals surface area contributed by atoms with Gasteiger partial charge in [0.15, 0.2) is 5.69 Å². The Labute approximate surface area is 228 Å². The SMILES string of the molecule is C=C(CC1COc2cc3ccccc3cc2-c2c(NC(C)(C)C)n3c(-c4ccccc4)c(C)sc3[n+]21)OC. The average Bonchev–Trinajstić information content (AvgIpc) is 3.32. The van der Waals surface area contributed by atoms with Crippen LogP contribution >= 0.6 is 11.3 Å². The van der Waals surface area contributed by atoms with E-state index < -0.39 is 0 Å². The van der Waals surface area contributed by atoms with Crippen molar-refractivity contribution in [2.24, 2.45) is 0 Å². The fourth-order valence-corrected chi connectivity index (χ4v) is 6.63. The van der Waals surface area contributed by atoms with Crippen molar-refractivity contribution in [3.8, 4) is 28.3 Å². The minimum Gasteiger partial charge on any atom is -0.502 e. The molecule has 1 unspecified atom stereocenters. The van der Waals surface area contributed by atoms with Crippen LogP contribution in [0.4, 0.5) is 5.82 Å². The summed E-state index contributed by atoms with van der Waals surface area (Å²) in [6, 6.07) is 23.6. The standard InChI is InChI=1S/C32H34N3O2S/c1-20(36-6)16-25-19-37-27-18-24-15-11-10-14-23(24)17-26(27)29-30(33-32(3,4)5)35-28(22-12-8-7-9-13-22)21(2)38-31(35)34(25)29/h7-15,17-18,25,33H,1,16,19H2,2-6H3/q+1. The van der Waals surface area contributed by atoms with Gasteiger partial charge in [0, 0.05) is 17.5 Å². The van der Waals surface area contributed by atoms with Gasteiger partial charge in [0.05, 0.1) is 23.3 Å². The molecule has 0 saturated heterocycles. The van der Waals surface area contributed by atoms with Gasteiger partial charge in [-0.25, -0.2) is 4.57 Å². The lowest BCUT2D eigenvalue weighted by Crippen LogP contribution is -2.42. The third-order valence-electron chi connectivity index (χ3n) is 7.08. The van der Waals surface area contributed by atoms with Crippen molar-refractivity contribution in [2.45, 2.75) is 45.7 Å². The first kappa shape index (κ1) is 24.6. The maximum absolute atomic E-state index is 6.56. The molecule has 0 bridgehead atoms. The average molecular weight is 525 g/mol. The Morgan fingerprint density at radius 3 is 2.47 bits per heavy atom. The molecule has 0 amide bonds. The molecule has 38 heavy (non-hydrogen) atoms. The van der Waals surface area contributed by atoms with Crippen LogP contribution < -0.4 is 14.6 Å². The Morgan fingerprint density at radius 2 is 1.79 bits per heavy atom. The Bertz CT molecular complexity index is 1670. The number of nitrogens with zero attached hydrogens (tertiary/aromatic N) is 2. The molecule has 1 aliphatic heterocycles. The molecule has 6 heteroatoms. The van der Waals surface area contributed by atoms with Gasteiger partial charge in [-0.2, -0.15) is 4.40 Å². The number of hydrogen-bond donors (Lipinski definition) is 1. The van der Waals surface area contributed by atoms with Crippen LogP contribution in [0, 0.1) is 6.92 Å². The number of hydrogen-bond acceptors (Lipinski definition) is 4. The van der Waals surface area contributed by atoms with Crippen LogP contribution in [0.5, 0.6) is 5.75 Å². The second kappa shape index (κ2) is 9.21. The molecule has 1 N–H and O–H groups in total. The number of benzene rings is 3. The lowest BCUT2D eigenvalue weighted by molar-refractivity contribution is -0.685. The molecule has 3 heterocycles. The van der Waals surface area contributed by atoms with E-state index in [4.69, 9.17) is 9.47 Å². The molecule has 2 aromatic heterocycles. The number of nitrogens with one attached hydrogen (secondary N) is 1. The van der Waals surface area contributed by atoms with E-state index in [2.05, 4.69) is 115 Å². The number of thiazole rings is 1. The molecule has 6 rings (SSSR count). The van der Waals surface area contributed by atoms with Crippen molar-refractivity contribution >= 4 is 32.9 Å². The summed E-state index contributed by atoms with van der Waals surface area (Å²) in [5.74, 6) is 2.72. The molecule has 3 aromatic carbocycles. The lowest BCUT2D eigenvalue weighted by Gasteiger charge is -2.21. The predicted molar refractivity (Wildman–Crippen MR) is 157 cm³/mol. The summed E-state index contributed by atoms with van der Waals surface area (Å²) in [5.41, 5.74) is 4.48. The third-order valence-corrected chi connectivity index (χ3v) is 8.14. The van der Waals surface area contributed by atoms with E-state index in [1.165, 1.54) is 31.9 Å². The summed E-state index contributed by atoms with van der Waals surface area (Å²) in [4.78, 5) is 2.44. The molecule has 0 saturated carbocycles. The van der Waals surface area contributed by atoms with Crippen molar-refractivity contribution in [3.05, 3.63) is 83.9 Å². The van der Waals surface area contributed by atoms with Crippen LogP contribution in [0.15, 0.2) is 79.1 Å². The highest BCUT2D eigenvalue weighted by atomic mass is 32.1. The van der Waals surface area contributed by atoms with Gasteiger partial charge in [-0.05, 0) is 50.6 Å². The van der Waals surface area contributed by atoms with Crippen molar-refractivity contribution in [1.82, 2.24) is 4.40 Å². The number of aryl methyl sites for hydroxylation is 1. The van der Waals surface area contributed by atoms with Gasteiger partial charge in [-0.15, -0.1) is 0 Å². The smallest absolute Gasteiger partial charge is 0.349 e. The second-order valence-electron chi connectivity index (χ2n) is 11.0. The number of anilines is 1. The minimum atomic E-state index is -0.164. The fraction of sp³-hybridized carbons (Fsp3) is 0.281. The molecule has 194 valence electrons. The van der Waals surface area contributed by atoms with E-state index in [0.29, 0.717) is 13.0 Å². The van der Waals surface area contributed by atoms with Crippen molar-refractivity contribution in [1.29, 1.82) is 0 Å². The van der Waals surface area contributed by atoms with Crippen molar-refractivity contribution in [2.75, 3.05) is 19.0 Å². The number of methoxy groups -OCH3 is 1. The van der Waals surface area contributed by atoms with Crippen LogP contribution in [-0.2, 0) is 4.74 Å². The van der Waals surface area contributed by atoms with Gasteiger partial charge in [0.25, 0.3) is 0 Å². The Balaban J connectivity index is 1.75. The zero-order valence-corrected chi connectivity index (χ0v) is 23.5. The van der Waals surface area contributed by atoms with Gasteiger partial charge in [0.2, 0.25) is 11.5 Å². The maximum atomic E-state index is 6.56. The van der Waals surface area contributed by atoms with Crippen LogP contribution in [0.2, 0.25) is 0 Å². The highest BCUT2D eigenvalue weighted by Gasteiger charge is 2.41. The Morgan fingerprint density at radius 1 is 1.11 bits per heavy atom. The summed E-state index contributed by atoms with van der Waals surface area (Å²) in [6.45, 7) is 13.5. The number of allylic oxidation sites excluding steroid dienone is 1. The molecule has 5 nitrogen and oxygen atoms in total. The topological polar surface area (TPSA) is 38.8 Å². The molecule has 5 aromatic rings. The van der Waals surface area contributed by atoms with Crippen LogP contribution in [-0.4, -0.2) is 23.7 Å². The number of aromatic nitrogens is 2. The monoisotopic (exact) mass is 524 g/mol. The summed E-state index contributed by atoms with van der Waals surface area (Å²) < 4.78 is 17.0. The van der Waals surface area contributed by atoms with Crippen LogP contribution in [0.3, 0.4) is 0 Å². The molecule has 1 aliphatic rings. The van der Waals surface area contributed by atoms with E-state index in [-0.39, 0.29) is 11.6 Å². The third kappa shape index (κ3) is 4.13. The van der Waals surface area contributed by atoms with E-state index in [1.54, 1.807) is 7.11 Å². The summed E-state index contributed by atoms with van der Waals surface area (Å²) in [6.07, 6.45) is 0.661. The van der Waals surface area contributed by atoms with Crippen molar-refractivity contribution in [3.63, 3.8) is 0 Å². The van der Waals surface area contributed by atoms with Gasteiger partial charge in [-0.3, -0.25) is 0 Å². The molecular formula is C32H34N3O2S+. The quantitative estimate of drug-likeness (QED) is 0.188. The fourth-order valence-electron chi connectivity index (χ4n) is 5.44. The molecule has 0 aliphatic carbocycles. The number of rotatable bonds is 5. The molecule has 0 radical (unpaired) electrons. The predicted octanol–water partition coefficient (Wildman–Crippen LogP) is 7.78. The maximum Gasteiger partial charge on any atom is 0.349 e. The van der Waals surface area contributed by atoms with Crippen LogP contribution in [0.1, 0.15) is 38.1 Å². The zero-order chi connectivity index (χ0) is 26.6. The minimum absolute atomic E-state index is 0.0140. The number of ether oxygens (including phenoxy) is 2. The Hall–Kier alpha value is -3.77. The molecule has 0 spiro atoms. The van der Waals surface area contributed by atoms with E-state index in [1.807, 2.05) is 11.3 Å². The van der Waals surface area contributed by atoms with E-state index >= 15 is 0 Å². The second-order valence-corrected chi connectivity index (χ2v) is 12.2. The normalized spacial score (nSPS) is 15.0. The van der Waals surface area contributed by atoms with Crippen molar-refractivity contribution < 1.29 is 14.0 Å². The lowest BCUT2D eigenvalue weighted by atomic mass is 10.0. The van der Waals surface area contributed by atoms with E-state index in [9.17, 15) is 0 Å². The van der Waals surface area contributed by atoms with Crippen LogP contribution in [0.25, 0.3) is 38.2 Å². The number of fused-ring (bicyclic) bond motifs is 6. The zero-order valence-electron chi connectivity index (χ0n) is 22.7. The summed E-state index contributed by atoms with van der Waals surface area (Å²) in [7, 11) is 1.69. The van der Waals surface area contributed by atoms with Gasteiger partial charge in [0.1, 0.15) is 18.4 Å². The number of imidazole rings is 1.